The molecule has 2 saturated heterocycles. The number of amides is 2. The van der Waals surface area contributed by atoms with Crippen LogP contribution in [0.4, 0.5) is 24.5 Å². The molecule has 10 heteroatoms. The van der Waals surface area contributed by atoms with E-state index in [0.29, 0.717) is 37.9 Å². The van der Waals surface area contributed by atoms with Gasteiger partial charge in [-0.05, 0) is 57.2 Å². The molecule has 0 radical (unpaired) electrons. The van der Waals surface area contributed by atoms with Crippen molar-refractivity contribution in [2.45, 2.75) is 57.3 Å². The predicted molar refractivity (Wildman–Crippen MR) is 125 cm³/mol. The number of piperidine rings is 1. The van der Waals surface area contributed by atoms with E-state index in [2.05, 4.69) is 15.5 Å². The van der Waals surface area contributed by atoms with E-state index in [-0.39, 0.29) is 30.1 Å². The Labute approximate surface area is 198 Å². The van der Waals surface area contributed by atoms with Crippen LogP contribution in [0.25, 0.3) is 0 Å². The van der Waals surface area contributed by atoms with Crippen molar-refractivity contribution in [3.05, 3.63) is 23.8 Å². The molecule has 1 aliphatic carbocycles. The second-order valence-electron chi connectivity index (χ2n) is 9.60. The zero-order valence-corrected chi connectivity index (χ0v) is 19.7. The summed E-state index contributed by atoms with van der Waals surface area (Å²) in [5, 5.41) is 5.77. The largest absolute Gasteiger partial charge is 0.416 e. The molecule has 3 fully saturated rings. The van der Waals surface area contributed by atoms with Gasteiger partial charge in [0.05, 0.1) is 29.5 Å². The van der Waals surface area contributed by atoms with Gasteiger partial charge in [-0.1, -0.05) is 0 Å². The molecule has 0 bridgehead atoms. The SMILES string of the molecule is CC(C(=O)NC1CC1)N1CCN(CC(=O)Nc2cc(C(F)(F)F)ccc2N2CCCCC2)CC1. The van der Waals surface area contributed by atoms with E-state index in [1.54, 1.807) is 0 Å². The quantitative estimate of drug-likeness (QED) is 0.627. The monoisotopic (exact) mass is 481 g/mol. The van der Waals surface area contributed by atoms with Crippen molar-refractivity contribution in [3.8, 4) is 0 Å². The standard InChI is InChI=1S/C24H34F3N5O2/c1-17(23(34)28-19-6-7-19)31-13-11-30(12-14-31)16-22(33)29-20-15-18(24(25,26)27)5-8-21(20)32-9-3-2-4-10-32/h5,8,15,17,19H,2-4,6-7,9-14,16H2,1H3,(H,28,34)(H,29,33). The Morgan fingerprint density at radius 1 is 1.03 bits per heavy atom. The van der Waals surface area contributed by atoms with Crippen molar-refractivity contribution in [2.24, 2.45) is 0 Å². The second kappa shape index (κ2) is 10.5. The summed E-state index contributed by atoms with van der Waals surface area (Å²) in [7, 11) is 0. The van der Waals surface area contributed by atoms with Crippen LogP contribution in [-0.4, -0.2) is 79.5 Å². The number of anilines is 2. The number of halogens is 3. The molecule has 0 aromatic heterocycles. The van der Waals surface area contributed by atoms with Gasteiger partial charge in [-0.25, -0.2) is 0 Å². The van der Waals surface area contributed by atoms with Gasteiger partial charge < -0.3 is 15.5 Å². The Hall–Kier alpha value is -2.33. The molecule has 1 atom stereocenters. The zero-order chi connectivity index (χ0) is 24.3. The smallest absolute Gasteiger partial charge is 0.370 e. The molecular weight excluding hydrogens is 447 g/mol. The van der Waals surface area contributed by atoms with Gasteiger partial charge in [-0.15, -0.1) is 0 Å². The molecule has 1 unspecified atom stereocenters. The van der Waals surface area contributed by atoms with Crippen LogP contribution in [0.5, 0.6) is 0 Å². The highest BCUT2D eigenvalue weighted by Gasteiger charge is 2.33. The number of rotatable bonds is 7. The van der Waals surface area contributed by atoms with E-state index in [0.717, 1.165) is 57.3 Å². The highest BCUT2D eigenvalue weighted by atomic mass is 19.4. The normalized spacial score (nSPS) is 21.2. The van der Waals surface area contributed by atoms with Crippen molar-refractivity contribution < 1.29 is 22.8 Å². The maximum atomic E-state index is 13.3. The van der Waals surface area contributed by atoms with Gasteiger partial charge in [0.2, 0.25) is 11.8 Å². The van der Waals surface area contributed by atoms with E-state index in [1.807, 2.05) is 16.7 Å². The molecule has 34 heavy (non-hydrogen) atoms. The number of benzene rings is 1. The molecule has 1 aromatic carbocycles. The summed E-state index contributed by atoms with van der Waals surface area (Å²) in [5.41, 5.74) is 0.0859. The van der Waals surface area contributed by atoms with Crippen LogP contribution in [0.3, 0.4) is 0 Å². The van der Waals surface area contributed by atoms with E-state index >= 15 is 0 Å². The molecule has 4 rings (SSSR count). The Bertz CT molecular complexity index is 876. The van der Waals surface area contributed by atoms with Crippen molar-refractivity contribution in [1.82, 2.24) is 15.1 Å². The molecule has 7 nitrogen and oxygen atoms in total. The fraction of sp³-hybridized carbons (Fsp3) is 0.667. The number of piperazine rings is 1. The lowest BCUT2D eigenvalue weighted by molar-refractivity contribution is -0.137. The summed E-state index contributed by atoms with van der Waals surface area (Å²) in [4.78, 5) is 31.2. The van der Waals surface area contributed by atoms with E-state index < -0.39 is 11.7 Å². The Morgan fingerprint density at radius 2 is 1.71 bits per heavy atom. The minimum atomic E-state index is -4.47. The third-order valence-electron chi connectivity index (χ3n) is 6.92. The summed E-state index contributed by atoms with van der Waals surface area (Å²) in [6.07, 6.45) is 0.690. The summed E-state index contributed by atoms with van der Waals surface area (Å²) in [6.45, 7) is 6.10. The second-order valence-corrected chi connectivity index (χ2v) is 9.60. The number of hydrogen-bond donors (Lipinski definition) is 2. The first-order chi connectivity index (χ1) is 16.2. The number of alkyl halides is 3. The lowest BCUT2D eigenvalue weighted by Crippen LogP contribution is -2.55. The van der Waals surface area contributed by atoms with Gasteiger partial charge in [0.25, 0.3) is 0 Å². The lowest BCUT2D eigenvalue weighted by atomic mass is 10.1. The molecule has 188 valence electrons. The van der Waals surface area contributed by atoms with E-state index in [9.17, 15) is 22.8 Å². The van der Waals surface area contributed by atoms with Gasteiger partial charge in [0, 0.05) is 45.3 Å². The van der Waals surface area contributed by atoms with E-state index in [4.69, 9.17) is 0 Å². The fourth-order valence-electron chi connectivity index (χ4n) is 4.64. The van der Waals surface area contributed by atoms with Crippen molar-refractivity contribution in [3.63, 3.8) is 0 Å². The van der Waals surface area contributed by atoms with Crippen LogP contribution in [-0.2, 0) is 15.8 Å². The summed E-state index contributed by atoms with van der Waals surface area (Å²) < 4.78 is 39.9. The van der Waals surface area contributed by atoms with Crippen molar-refractivity contribution in [1.29, 1.82) is 0 Å². The molecule has 2 amide bonds. The predicted octanol–water partition coefficient (Wildman–Crippen LogP) is 2.92. The molecule has 2 aliphatic heterocycles. The fourth-order valence-corrected chi connectivity index (χ4v) is 4.64. The Balaban J connectivity index is 1.34. The first-order valence-corrected chi connectivity index (χ1v) is 12.2. The van der Waals surface area contributed by atoms with Crippen molar-refractivity contribution in [2.75, 3.05) is 56.0 Å². The van der Waals surface area contributed by atoms with Crippen LogP contribution in [0.2, 0.25) is 0 Å². The van der Waals surface area contributed by atoms with Crippen LogP contribution in [0.1, 0.15) is 44.6 Å². The number of carbonyl (C=O) groups is 2. The van der Waals surface area contributed by atoms with Gasteiger partial charge in [-0.2, -0.15) is 13.2 Å². The highest BCUT2D eigenvalue weighted by Crippen LogP contribution is 2.36. The summed E-state index contributed by atoms with van der Waals surface area (Å²) in [5.74, 6) is -0.283. The lowest BCUT2D eigenvalue weighted by Gasteiger charge is -2.37. The first kappa shape index (κ1) is 24.8. The number of nitrogens with one attached hydrogen (secondary N) is 2. The van der Waals surface area contributed by atoms with Gasteiger partial charge >= 0.3 is 6.18 Å². The average Bonchev–Trinajstić information content (AvgIpc) is 3.63. The third-order valence-corrected chi connectivity index (χ3v) is 6.92. The van der Waals surface area contributed by atoms with Crippen LogP contribution >= 0.6 is 0 Å². The maximum Gasteiger partial charge on any atom is 0.416 e. The van der Waals surface area contributed by atoms with Crippen LogP contribution < -0.4 is 15.5 Å². The van der Waals surface area contributed by atoms with E-state index in [1.165, 1.54) is 6.07 Å². The van der Waals surface area contributed by atoms with Crippen LogP contribution in [0.15, 0.2) is 18.2 Å². The first-order valence-electron chi connectivity index (χ1n) is 12.2. The van der Waals surface area contributed by atoms with Crippen LogP contribution in [0, 0.1) is 0 Å². The minimum absolute atomic E-state index is 0.0449. The molecule has 2 heterocycles. The van der Waals surface area contributed by atoms with Gasteiger partial charge in [-0.3, -0.25) is 19.4 Å². The van der Waals surface area contributed by atoms with Gasteiger partial charge in [0.1, 0.15) is 0 Å². The van der Waals surface area contributed by atoms with Gasteiger partial charge in [0.15, 0.2) is 0 Å². The number of carbonyl (C=O) groups excluding carboxylic acids is 2. The molecule has 0 spiro atoms. The third kappa shape index (κ3) is 6.41. The molecule has 1 saturated carbocycles. The summed E-state index contributed by atoms with van der Waals surface area (Å²) >= 11 is 0. The molecular formula is C24H34F3N5O2. The highest BCUT2D eigenvalue weighted by molar-refractivity contribution is 5.96. The molecule has 3 aliphatic rings. The number of hydrogen-bond acceptors (Lipinski definition) is 5. The topological polar surface area (TPSA) is 67.9 Å². The minimum Gasteiger partial charge on any atom is -0.370 e. The maximum absolute atomic E-state index is 13.3. The number of nitrogens with zero attached hydrogens (tertiary/aromatic N) is 3. The molecule has 1 aromatic rings. The zero-order valence-electron chi connectivity index (χ0n) is 19.7. The van der Waals surface area contributed by atoms with Crippen molar-refractivity contribution >= 4 is 23.2 Å². The average molecular weight is 482 g/mol. The summed E-state index contributed by atoms with van der Waals surface area (Å²) in [6, 6.07) is 3.70. The molecule has 2 N–H and O–H groups in total. The Kier molecular flexibility index (Phi) is 7.67. The Morgan fingerprint density at radius 3 is 2.32 bits per heavy atom.